The van der Waals surface area contributed by atoms with E-state index in [9.17, 15) is 0 Å². The molecule has 0 fully saturated rings. The fourth-order valence-electron chi connectivity index (χ4n) is 3.03. The van der Waals surface area contributed by atoms with Crippen molar-refractivity contribution in [2.24, 2.45) is 0 Å². The lowest BCUT2D eigenvalue weighted by Gasteiger charge is -2.12. The van der Waals surface area contributed by atoms with Gasteiger partial charge in [0.25, 0.3) is 0 Å². The van der Waals surface area contributed by atoms with Gasteiger partial charge in [0.2, 0.25) is 0 Å². The number of hydrogen-bond donors (Lipinski definition) is 1. The van der Waals surface area contributed by atoms with E-state index < -0.39 is 0 Å². The molecule has 4 aromatic carbocycles. The van der Waals surface area contributed by atoms with Crippen LogP contribution in [-0.4, -0.2) is 12.7 Å². The highest BCUT2D eigenvalue weighted by atomic mass is 16.5. The van der Waals surface area contributed by atoms with E-state index in [0.717, 1.165) is 21.9 Å². The summed E-state index contributed by atoms with van der Waals surface area (Å²) in [6, 6.07) is 22.8. The van der Waals surface area contributed by atoms with Crippen LogP contribution in [0.2, 0.25) is 0 Å². The summed E-state index contributed by atoms with van der Waals surface area (Å²) in [6.45, 7) is 0. The molecule has 0 aliphatic carbocycles. The molecule has 4 rings (SSSR count). The number of fused-ring (bicyclic) bond motifs is 5. The van der Waals surface area contributed by atoms with Crippen molar-refractivity contribution in [3.05, 3.63) is 66.7 Å². The molecule has 0 bridgehead atoms. The first-order valence-electron chi connectivity index (χ1n) is 6.95. The molecule has 2 nitrogen and oxygen atoms in total. The maximum absolute atomic E-state index is 9.10. The zero-order valence-corrected chi connectivity index (χ0v) is 11.4. The first kappa shape index (κ1) is 12.2. The van der Waals surface area contributed by atoms with Crippen molar-refractivity contribution >= 4 is 40.0 Å². The highest BCUT2D eigenvalue weighted by Gasteiger charge is 2.09. The smallest absolute Gasteiger partial charge is 0.504 e. The minimum Gasteiger partial charge on any atom is -0.538 e. The van der Waals surface area contributed by atoms with Crippen LogP contribution in [-0.2, 0) is 0 Å². The van der Waals surface area contributed by atoms with Crippen molar-refractivity contribution in [3.8, 4) is 5.75 Å². The maximum atomic E-state index is 9.10. The molecule has 100 valence electrons. The average molecular weight is 272 g/mol. The molecule has 4 aromatic rings. The second kappa shape index (κ2) is 4.79. The summed E-state index contributed by atoms with van der Waals surface area (Å²) in [5.41, 5.74) is 0. The molecule has 0 saturated heterocycles. The highest BCUT2D eigenvalue weighted by Crippen LogP contribution is 2.37. The third kappa shape index (κ3) is 1.86. The topological polar surface area (TPSA) is 29.5 Å². The quantitative estimate of drug-likeness (QED) is 0.444. The van der Waals surface area contributed by atoms with Crippen LogP contribution in [0.3, 0.4) is 0 Å². The summed E-state index contributed by atoms with van der Waals surface area (Å²) in [6.07, 6.45) is 0. The van der Waals surface area contributed by atoms with Crippen LogP contribution in [0.5, 0.6) is 5.75 Å². The molecular weight excluding hydrogens is 259 g/mol. The van der Waals surface area contributed by atoms with E-state index in [1.165, 1.54) is 16.2 Å². The molecule has 3 heteroatoms. The largest absolute Gasteiger partial charge is 0.538 e. The first-order valence-corrected chi connectivity index (χ1v) is 6.95. The molecule has 0 radical (unpaired) electrons. The number of hydrogen-bond acceptors (Lipinski definition) is 2. The van der Waals surface area contributed by atoms with E-state index in [4.69, 9.17) is 9.68 Å². The van der Waals surface area contributed by atoms with Crippen molar-refractivity contribution in [2.45, 2.75) is 0 Å². The Labute approximate surface area is 122 Å². The van der Waals surface area contributed by atoms with Crippen LogP contribution in [0, 0.1) is 0 Å². The Morgan fingerprint density at radius 1 is 0.714 bits per heavy atom. The van der Waals surface area contributed by atoms with E-state index in [1.54, 1.807) is 0 Å². The zero-order chi connectivity index (χ0) is 14.2. The van der Waals surface area contributed by atoms with Crippen LogP contribution in [0.4, 0.5) is 0 Å². The van der Waals surface area contributed by atoms with Crippen LogP contribution >= 0.6 is 0 Å². The predicted molar refractivity (Wildman–Crippen MR) is 89.0 cm³/mol. The van der Waals surface area contributed by atoms with Crippen molar-refractivity contribution in [1.29, 1.82) is 0 Å². The molecule has 0 unspecified atom stereocenters. The average Bonchev–Trinajstić information content (AvgIpc) is 2.55. The number of rotatable bonds is 2. The minimum absolute atomic E-state index is 0.316. The van der Waals surface area contributed by atoms with Gasteiger partial charge in [-0.15, -0.1) is 0 Å². The third-order valence-corrected chi connectivity index (χ3v) is 3.93. The van der Waals surface area contributed by atoms with Gasteiger partial charge in [-0.3, -0.25) is 0 Å². The van der Waals surface area contributed by atoms with Gasteiger partial charge in [0, 0.05) is 5.39 Å². The SMILES string of the molecule is OBOc1cc2ccc3ccccc3c2c2ccccc12. The van der Waals surface area contributed by atoms with Crippen molar-refractivity contribution < 1.29 is 9.68 Å². The van der Waals surface area contributed by atoms with E-state index in [-0.39, 0.29) is 7.69 Å². The monoisotopic (exact) mass is 272 g/mol. The van der Waals surface area contributed by atoms with Gasteiger partial charge in [-0.1, -0.05) is 60.7 Å². The van der Waals surface area contributed by atoms with Crippen molar-refractivity contribution in [1.82, 2.24) is 0 Å². The van der Waals surface area contributed by atoms with Gasteiger partial charge in [-0.2, -0.15) is 0 Å². The van der Waals surface area contributed by atoms with Crippen LogP contribution in [0.25, 0.3) is 32.3 Å². The molecule has 0 aliphatic heterocycles. The lowest BCUT2D eigenvalue weighted by atomic mass is 9.96. The van der Waals surface area contributed by atoms with E-state index in [2.05, 4.69) is 42.5 Å². The molecular formula is C18H13BO2. The maximum Gasteiger partial charge on any atom is 0.504 e. The summed E-state index contributed by atoms with van der Waals surface area (Å²) in [4.78, 5) is 0. The summed E-state index contributed by atoms with van der Waals surface area (Å²) >= 11 is 0. The van der Waals surface area contributed by atoms with Gasteiger partial charge in [0.05, 0.1) is 0 Å². The Bertz CT molecular complexity index is 963. The fraction of sp³-hybridized carbons (Fsp3) is 0. The summed E-state index contributed by atoms with van der Waals surface area (Å²) < 4.78 is 5.39. The normalized spacial score (nSPS) is 11.1. The molecule has 0 heterocycles. The second-order valence-electron chi connectivity index (χ2n) is 5.08. The number of benzene rings is 4. The summed E-state index contributed by atoms with van der Waals surface area (Å²) in [5.74, 6) is 0.718. The highest BCUT2D eigenvalue weighted by molar-refractivity contribution is 6.23. The Balaban J connectivity index is 2.25. The van der Waals surface area contributed by atoms with Crippen molar-refractivity contribution in [3.63, 3.8) is 0 Å². The van der Waals surface area contributed by atoms with Crippen LogP contribution in [0.15, 0.2) is 66.7 Å². The van der Waals surface area contributed by atoms with Gasteiger partial charge in [0.1, 0.15) is 5.75 Å². The van der Waals surface area contributed by atoms with Gasteiger partial charge < -0.3 is 9.68 Å². The van der Waals surface area contributed by atoms with E-state index in [1.807, 2.05) is 24.3 Å². The minimum atomic E-state index is -0.316. The van der Waals surface area contributed by atoms with Gasteiger partial charge >= 0.3 is 7.69 Å². The second-order valence-corrected chi connectivity index (χ2v) is 5.08. The summed E-state index contributed by atoms with van der Waals surface area (Å²) in [7, 11) is -0.316. The van der Waals surface area contributed by atoms with E-state index >= 15 is 0 Å². The van der Waals surface area contributed by atoms with E-state index in [0.29, 0.717) is 0 Å². The summed E-state index contributed by atoms with van der Waals surface area (Å²) in [5, 5.41) is 16.1. The molecule has 0 aromatic heterocycles. The molecule has 0 atom stereocenters. The Morgan fingerprint density at radius 2 is 1.38 bits per heavy atom. The lowest BCUT2D eigenvalue weighted by Crippen LogP contribution is -2.00. The van der Waals surface area contributed by atoms with Crippen LogP contribution in [0.1, 0.15) is 0 Å². The Hall–Kier alpha value is -2.52. The van der Waals surface area contributed by atoms with Crippen molar-refractivity contribution in [2.75, 3.05) is 0 Å². The third-order valence-electron chi connectivity index (χ3n) is 3.93. The van der Waals surface area contributed by atoms with Crippen LogP contribution < -0.4 is 4.65 Å². The molecule has 0 amide bonds. The Morgan fingerprint density at radius 3 is 2.19 bits per heavy atom. The zero-order valence-electron chi connectivity index (χ0n) is 11.4. The fourth-order valence-corrected chi connectivity index (χ4v) is 3.03. The predicted octanol–water partition coefficient (Wildman–Crippen LogP) is 3.78. The van der Waals surface area contributed by atoms with Gasteiger partial charge in [-0.05, 0) is 33.0 Å². The standard InChI is InChI=1S/C18H13BO2/c20-19-21-17-11-13-10-9-12-5-1-2-6-14(12)18(13)16-8-4-3-7-15(16)17/h1-11,19-20H. The van der Waals surface area contributed by atoms with Gasteiger partial charge in [-0.25, -0.2) is 0 Å². The Kier molecular flexibility index (Phi) is 2.79. The molecule has 0 saturated carbocycles. The molecule has 0 spiro atoms. The molecule has 0 aliphatic rings. The van der Waals surface area contributed by atoms with Gasteiger partial charge in [0.15, 0.2) is 0 Å². The molecule has 1 N–H and O–H groups in total. The first-order chi connectivity index (χ1) is 10.4. The lowest BCUT2D eigenvalue weighted by molar-refractivity contribution is 0.457. The molecule has 21 heavy (non-hydrogen) atoms.